The third-order valence-electron chi connectivity index (χ3n) is 6.93. The molecule has 2 heterocycles. The number of nitrogens with two attached hydrogens (primary N) is 1. The molecule has 0 radical (unpaired) electrons. The van der Waals surface area contributed by atoms with Crippen LogP contribution in [0.15, 0.2) is 90.4 Å². The fourth-order valence-corrected chi connectivity index (χ4v) is 5.85. The molecule has 0 saturated carbocycles. The van der Waals surface area contributed by atoms with Gasteiger partial charge in [0.1, 0.15) is 30.5 Å². The first-order valence-corrected chi connectivity index (χ1v) is 18.0. The van der Waals surface area contributed by atoms with Gasteiger partial charge < -0.3 is 15.2 Å². The van der Waals surface area contributed by atoms with E-state index in [1.54, 1.807) is 29.8 Å². The molecule has 0 bridgehead atoms. The Morgan fingerprint density at radius 3 is 2.04 bits per heavy atom. The Labute approximate surface area is 307 Å². The number of ether oxygens (including phenoxy) is 2. The fourth-order valence-electron chi connectivity index (χ4n) is 4.57. The molecule has 5 aromatic rings. The lowest BCUT2D eigenvalue weighted by Gasteiger charge is -2.31. The van der Waals surface area contributed by atoms with E-state index >= 15 is 0 Å². The van der Waals surface area contributed by atoms with Gasteiger partial charge in [-0.1, -0.05) is 109 Å². The number of H-pyrrole nitrogens is 2. The molecular weight excluding hydrogens is 715 g/mol. The van der Waals surface area contributed by atoms with Crippen LogP contribution < -0.4 is 15.8 Å². The van der Waals surface area contributed by atoms with E-state index in [9.17, 15) is 14.4 Å². The van der Waals surface area contributed by atoms with E-state index < -0.39 is 30.0 Å². The van der Waals surface area contributed by atoms with Crippen LogP contribution in [-0.2, 0) is 34.0 Å². The molecule has 0 spiro atoms. The van der Waals surface area contributed by atoms with Crippen molar-refractivity contribution in [3.8, 4) is 5.75 Å². The van der Waals surface area contributed by atoms with Crippen molar-refractivity contribution in [1.82, 2.24) is 25.3 Å². The first-order chi connectivity index (χ1) is 24.1. The van der Waals surface area contributed by atoms with Gasteiger partial charge in [0.25, 0.3) is 0 Å². The van der Waals surface area contributed by atoms with Gasteiger partial charge in [0, 0.05) is 0 Å². The summed E-state index contributed by atoms with van der Waals surface area (Å²) in [5, 5.41) is 15.7. The van der Waals surface area contributed by atoms with Crippen LogP contribution in [0.3, 0.4) is 0 Å². The Bertz CT molecular complexity index is 1890. The Balaban J connectivity index is 0.000000845. The number of hydrogen-bond acceptors (Lipinski definition) is 12. The zero-order valence-electron chi connectivity index (χ0n) is 27.3. The van der Waals surface area contributed by atoms with Crippen molar-refractivity contribution in [1.29, 1.82) is 0 Å². The smallest absolute Gasteiger partial charge is 0.417 e. The van der Waals surface area contributed by atoms with Gasteiger partial charge in [-0.2, -0.15) is 5.10 Å². The average molecular weight is 752 g/mol. The maximum absolute atomic E-state index is 13.9. The Morgan fingerprint density at radius 1 is 0.880 bits per heavy atom. The highest BCUT2D eigenvalue weighted by atomic mass is 32.2. The standard InChI is InChI=1S/C32H35N5O5S2.C2H2N2S2/c1-21(2)17-27(28(38)34-30-35-36-31(43)44-30)37(32(40)42-20-24-11-7-4-8-12-24)29(39)26(33)18-22-13-15-25(16-14-22)41-19-23-9-5-3-6-10-23;5-2-4-3-1-6-2/h3-16,21,26-27H,17-20,33H2,1-2H3,(H,36,43)(H,34,35,38);1H,(H,4,5)/t26-,27-;/m0./s1. The zero-order valence-corrected chi connectivity index (χ0v) is 30.6. The second-order valence-electron chi connectivity index (χ2n) is 11.3. The minimum absolute atomic E-state index is 0.0556. The van der Waals surface area contributed by atoms with Crippen LogP contribution >= 0.6 is 47.1 Å². The van der Waals surface area contributed by atoms with Gasteiger partial charge in [-0.15, -0.1) is 5.10 Å². The molecule has 0 aliphatic heterocycles. The third-order valence-corrected chi connectivity index (χ3v) is 8.83. The van der Waals surface area contributed by atoms with Crippen molar-refractivity contribution in [2.24, 2.45) is 11.7 Å². The summed E-state index contributed by atoms with van der Waals surface area (Å²) in [6, 6.07) is 23.8. The van der Waals surface area contributed by atoms with Crippen molar-refractivity contribution >= 4 is 70.1 Å². The number of aromatic nitrogens is 4. The third kappa shape index (κ3) is 12.4. The number of amides is 3. The van der Waals surface area contributed by atoms with Crippen molar-refractivity contribution in [3.63, 3.8) is 0 Å². The summed E-state index contributed by atoms with van der Waals surface area (Å²) in [4.78, 5) is 41.8. The number of nitrogens with zero attached hydrogens (tertiary/aromatic N) is 3. The summed E-state index contributed by atoms with van der Waals surface area (Å²) >= 11 is 12.2. The second kappa shape index (κ2) is 19.5. The first kappa shape index (κ1) is 38.2. The van der Waals surface area contributed by atoms with Crippen molar-refractivity contribution < 1.29 is 23.9 Å². The highest BCUT2D eigenvalue weighted by Crippen LogP contribution is 2.21. The molecule has 0 unspecified atom stereocenters. The fraction of sp³-hybridized carbons (Fsp3) is 0.265. The van der Waals surface area contributed by atoms with E-state index in [4.69, 9.17) is 27.4 Å². The van der Waals surface area contributed by atoms with Gasteiger partial charge in [-0.05, 0) is 72.0 Å². The lowest BCUT2D eigenvalue weighted by molar-refractivity contribution is -0.138. The number of carbonyl (C=O) groups excluding carboxylic acids is 3. The largest absolute Gasteiger partial charge is 0.489 e. The van der Waals surface area contributed by atoms with Crippen LogP contribution in [0.5, 0.6) is 5.75 Å². The zero-order chi connectivity index (χ0) is 35.9. The molecule has 0 fully saturated rings. The highest BCUT2D eigenvalue weighted by molar-refractivity contribution is 7.73. The Morgan fingerprint density at radius 2 is 1.52 bits per heavy atom. The molecule has 3 aromatic carbocycles. The van der Waals surface area contributed by atoms with Gasteiger partial charge in [-0.3, -0.25) is 25.1 Å². The number of anilines is 1. The maximum atomic E-state index is 13.9. The molecule has 5 N–H and O–H groups in total. The number of benzene rings is 3. The minimum atomic E-state index is -1.21. The van der Waals surface area contributed by atoms with Crippen LogP contribution in [0.4, 0.5) is 9.93 Å². The summed E-state index contributed by atoms with van der Waals surface area (Å²) in [7, 11) is 0. The molecule has 5 rings (SSSR count). The molecule has 50 heavy (non-hydrogen) atoms. The van der Waals surface area contributed by atoms with Gasteiger partial charge in [0.2, 0.25) is 16.9 Å². The number of rotatable bonds is 13. The molecule has 12 nitrogen and oxygen atoms in total. The summed E-state index contributed by atoms with van der Waals surface area (Å²) in [6.45, 7) is 4.11. The summed E-state index contributed by atoms with van der Waals surface area (Å²) in [5.41, 5.74) is 10.6. The summed E-state index contributed by atoms with van der Waals surface area (Å²) in [6.07, 6.45) is -0.667. The predicted molar refractivity (Wildman–Crippen MR) is 199 cm³/mol. The molecule has 16 heteroatoms. The number of imide groups is 1. The van der Waals surface area contributed by atoms with E-state index in [2.05, 4.69) is 37.9 Å². The SMILES string of the molecule is CC(C)C[C@@H](C(=O)Nc1n[nH]c(=S)s1)N(C(=O)OCc1ccccc1)C(=O)[C@@H](N)Cc1ccc(OCc2ccccc2)cc1.S=c1[nH]ncs1. The van der Waals surface area contributed by atoms with Gasteiger partial charge >= 0.3 is 6.09 Å². The van der Waals surface area contributed by atoms with Gasteiger partial charge in [0.15, 0.2) is 7.91 Å². The summed E-state index contributed by atoms with van der Waals surface area (Å²) < 4.78 is 12.5. The molecule has 2 atom stereocenters. The van der Waals surface area contributed by atoms with Crippen LogP contribution in [-0.4, -0.2) is 55.3 Å². The maximum Gasteiger partial charge on any atom is 0.417 e. The quantitative estimate of drug-likeness (QED) is 0.0914. The highest BCUT2D eigenvalue weighted by Gasteiger charge is 2.39. The number of carbonyl (C=O) groups is 3. The van der Waals surface area contributed by atoms with Crippen LogP contribution in [0.25, 0.3) is 0 Å². The molecule has 0 aliphatic rings. The molecular formula is C34H37N7O5S4. The van der Waals surface area contributed by atoms with E-state index in [0.29, 0.717) is 16.3 Å². The van der Waals surface area contributed by atoms with E-state index in [1.165, 1.54) is 11.3 Å². The minimum Gasteiger partial charge on any atom is -0.489 e. The number of hydrogen-bond donors (Lipinski definition) is 4. The molecule has 3 amide bonds. The van der Waals surface area contributed by atoms with Crippen LogP contribution in [0.2, 0.25) is 0 Å². The molecule has 2 aromatic heterocycles. The lowest BCUT2D eigenvalue weighted by Crippen LogP contribution is -2.56. The lowest BCUT2D eigenvalue weighted by atomic mass is 9.99. The average Bonchev–Trinajstić information content (AvgIpc) is 3.77. The second-order valence-corrected chi connectivity index (χ2v) is 14.5. The topological polar surface area (TPSA) is 168 Å². The van der Waals surface area contributed by atoms with E-state index in [0.717, 1.165) is 36.9 Å². The Hall–Kier alpha value is -4.61. The Kier molecular flexibility index (Phi) is 14.9. The molecule has 262 valence electrons. The number of aromatic amines is 2. The van der Waals surface area contributed by atoms with E-state index in [-0.39, 0.29) is 30.5 Å². The monoisotopic (exact) mass is 751 g/mol. The molecule has 0 saturated heterocycles. The number of nitrogens with one attached hydrogen (secondary N) is 3. The first-order valence-electron chi connectivity index (χ1n) is 15.5. The van der Waals surface area contributed by atoms with Crippen molar-refractivity contribution in [2.45, 2.75) is 52.0 Å². The van der Waals surface area contributed by atoms with Gasteiger partial charge in [-0.25, -0.2) is 9.69 Å². The predicted octanol–water partition coefficient (Wildman–Crippen LogP) is 7.07. The normalized spacial score (nSPS) is 11.8. The van der Waals surface area contributed by atoms with Crippen LogP contribution in [0, 0.1) is 13.8 Å². The van der Waals surface area contributed by atoms with Crippen LogP contribution in [0.1, 0.15) is 37.0 Å². The van der Waals surface area contributed by atoms with Crippen molar-refractivity contribution in [2.75, 3.05) is 5.32 Å². The van der Waals surface area contributed by atoms with Crippen molar-refractivity contribution in [3.05, 3.63) is 115 Å². The van der Waals surface area contributed by atoms with E-state index in [1.807, 2.05) is 74.5 Å². The van der Waals surface area contributed by atoms with Gasteiger partial charge in [0.05, 0.1) is 6.04 Å². The molecule has 0 aliphatic carbocycles. The summed E-state index contributed by atoms with van der Waals surface area (Å²) in [5.74, 6) is -0.726.